The van der Waals surface area contributed by atoms with Crippen LogP contribution >= 0.6 is 12.4 Å². The number of nitrogens with zero attached hydrogens (tertiary/aromatic N) is 4. The average molecular weight is 348 g/mol. The maximum Gasteiger partial charge on any atom is 0.0649 e. The van der Waals surface area contributed by atoms with E-state index in [2.05, 4.69) is 55.2 Å². The molecular formula is C18H26ClN5. The lowest BCUT2D eigenvalue weighted by Gasteiger charge is -2.32. The third-order valence-electron chi connectivity index (χ3n) is 5.02. The van der Waals surface area contributed by atoms with Crippen LogP contribution in [0.5, 0.6) is 0 Å². The van der Waals surface area contributed by atoms with E-state index in [1.807, 2.05) is 12.3 Å². The van der Waals surface area contributed by atoms with Crippen molar-refractivity contribution < 1.29 is 0 Å². The minimum absolute atomic E-state index is 0. The monoisotopic (exact) mass is 347 g/mol. The van der Waals surface area contributed by atoms with Crippen LogP contribution in [0.4, 0.5) is 0 Å². The lowest BCUT2D eigenvalue weighted by molar-refractivity contribution is 0.170. The Labute approximate surface area is 150 Å². The summed E-state index contributed by atoms with van der Waals surface area (Å²) in [5.74, 6) is 0. The normalized spacial score (nSPS) is 22.4. The summed E-state index contributed by atoms with van der Waals surface area (Å²) in [7, 11) is 0. The van der Waals surface area contributed by atoms with E-state index in [4.69, 9.17) is 0 Å². The molecule has 0 radical (unpaired) electrons. The molecular weight excluding hydrogens is 322 g/mol. The Bertz CT molecular complexity index is 623. The lowest BCUT2D eigenvalue weighted by Crippen LogP contribution is -2.49. The molecule has 2 aromatic rings. The van der Waals surface area contributed by atoms with E-state index in [1.54, 1.807) is 0 Å². The molecule has 2 aliphatic heterocycles. The molecule has 1 N–H and O–H groups in total. The zero-order valence-electron chi connectivity index (χ0n) is 14.0. The quantitative estimate of drug-likeness (QED) is 0.914. The van der Waals surface area contributed by atoms with Gasteiger partial charge >= 0.3 is 0 Å². The third-order valence-corrected chi connectivity index (χ3v) is 5.02. The minimum Gasteiger partial charge on any atom is -0.314 e. The Morgan fingerprint density at radius 1 is 1.04 bits per heavy atom. The number of para-hydroxylation sites is 1. The predicted molar refractivity (Wildman–Crippen MR) is 98.9 cm³/mol. The van der Waals surface area contributed by atoms with Gasteiger partial charge in [-0.1, -0.05) is 18.2 Å². The number of nitrogens with one attached hydrogen (secondary N) is 1. The van der Waals surface area contributed by atoms with Crippen LogP contribution < -0.4 is 5.32 Å². The Hall–Kier alpha value is -1.40. The average Bonchev–Trinajstić information content (AvgIpc) is 3.26. The molecule has 0 bridgehead atoms. The van der Waals surface area contributed by atoms with Crippen LogP contribution in [0.1, 0.15) is 12.1 Å². The molecule has 0 spiro atoms. The molecule has 5 nitrogen and oxygen atoms in total. The van der Waals surface area contributed by atoms with Gasteiger partial charge in [-0.25, -0.2) is 4.68 Å². The van der Waals surface area contributed by atoms with Crippen molar-refractivity contribution in [2.24, 2.45) is 0 Å². The van der Waals surface area contributed by atoms with E-state index in [9.17, 15) is 0 Å². The van der Waals surface area contributed by atoms with Gasteiger partial charge in [-0.3, -0.25) is 9.80 Å². The first-order chi connectivity index (χ1) is 11.4. The number of hydrogen-bond donors (Lipinski definition) is 1. The molecule has 130 valence electrons. The number of aromatic nitrogens is 2. The van der Waals surface area contributed by atoms with Crippen LogP contribution in [-0.4, -0.2) is 64.9 Å². The van der Waals surface area contributed by atoms with Crippen molar-refractivity contribution in [3.8, 4) is 5.69 Å². The van der Waals surface area contributed by atoms with Crippen molar-refractivity contribution in [2.45, 2.75) is 19.0 Å². The molecule has 2 saturated heterocycles. The number of likely N-dealkylation sites (tertiary alicyclic amines) is 1. The Kier molecular flexibility index (Phi) is 5.89. The second-order valence-electron chi connectivity index (χ2n) is 6.53. The first kappa shape index (κ1) is 17.4. The van der Waals surface area contributed by atoms with E-state index in [0.717, 1.165) is 31.4 Å². The minimum atomic E-state index is 0. The number of benzene rings is 1. The van der Waals surface area contributed by atoms with Crippen molar-refractivity contribution >= 4 is 12.4 Å². The van der Waals surface area contributed by atoms with Gasteiger partial charge in [-0.05, 0) is 24.6 Å². The van der Waals surface area contributed by atoms with Crippen LogP contribution in [0, 0.1) is 0 Å². The van der Waals surface area contributed by atoms with E-state index >= 15 is 0 Å². The lowest BCUT2D eigenvalue weighted by atomic mass is 10.2. The van der Waals surface area contributed by atoms with Crippen LogP contribution in [0.15, 0.2) is 42.6 Å². The molecule has 6 heteroatoms. The summed E-state index contributed by atoms with van der Waals surface area (Å²) in [5, 5.41) is 7.95. The van der Waals surface area contributed by atoms with E-state index in [1.165, 1.54) is 38.3 Å². The largest absolute Gasteiger partial charge is 0.314 e. The van der Waals surface area contributed by atoms with Crippen molar-refractivity contribution in [2.75, 3.05) is 39.3 Å². The fourth-order valence-electron chi connectivity index (χ4n) is 3.78. The smallest absolute Gasteiger partial charge is 0.0649 e. The van der Waals surface area contributed by atoms with Gasteiger partial charge in [0.25, 0.3) is 0 Å². The second-order valence-corrected chi connectivity index (χ2v) is 6.53. The summed E-state index contributed by atoms with van der Waals surface area (Å²) in [5.41, 5.74) is 2.42. The number of piperazine rings is 1. The molecule has 2 aliphatic rings. The summed E-state index contributed by atoms with van der Waals surface area (Å²) >= 11 is 0. The molecule has 1 aromatic heterocycles. The molecule has 0 amide bonds. The van der Waals surface area contributed by atoms with Crippen molar-refractivity contribution in [1.29, 1.82) is 0 Å². The van der Waals surface area contributed by atoms with Crippen LogP contribution in [0.3, 0.4) is 0 Å². The van der Waals surface area contributed by atoms with Crippen LogP contribution in [0.2, 0.25) is 0 Å². The maximum atomic E-state index is 4.51. The molecule has 4 rings (SSSR count). The molecule has 3 heterocycles. The van der Waals surface area contributed by atoms with Gasteiger partial charge in [0.05, 0.1) is 11.4 Å². The van der Waals surface area contributed by atoms with Gasteiger partial charge in [-0.2, -0.15) is 5.10 Å². The van der Waals surface area contributed by atoms with E-state index < -0.39 is 0 Å². The van der Waals surface area contributed by atoms with Gasteiger partial charge in [-0.15, -0.1) is 12.4 Å². The summed E-state index contributed by atoms with van der Waals surface area (Å²) in [4.78, 5) is 5.23. The SMILES string of the molecule is Cl.c1ccc(-n2nccc2CN2CCC(N3CCNCC3)C2)cc1. The van der Waals surface area contributed by atoms with Crippen LogP contribution in [-0.2, 0) is 6.54 Å². The van der Waals surface area contributed by atoms with Crippen molar-refractivity contribution in [3.63, 3.8) is 0 Å². The first-order valence-corrected chi connectivity index (χ1v) is 8.65. The summed E-state index contributed by atoms with van der Waals surface area (Å²) in [6, 6.07) is 13.3. The Morgan fingerprint density at radius 3 is 2.62 bits per heavy atom. The van der Waals surface area contributed by atoms with E-state index in [-0.39, 0.29) is 12.4 Å². The number of rotatable bonds is 4. The number of halogens is 1. The molecule has 0 aliphatic carbocycles. The van der Waals surface area contributed by atoms with Gasteiger partial charge in [0.15, 0.2) is 0 Å². The van der Waals surface area contributed by atoms with Crippen molar-refractivity contribution in [3.05, 3.63) is 48.3 Å². The number of hydrogen-bond acceptors (Lipinski definition) is 4. The molecule has 0 saturated carbocycles. The second kappa shape index (κ2) is 8.12. The highest BCUT2D eigenvalue weighted by Crippen LogP contribution is 2.19. The highest BCUT2D eigenvalue weighted by molar-refractivity contribution is 5.85. The third kappa shape index (κ3) is 3.81. The zero-order valence-corrected chi connectivity index (χ0v) is 14.8. The van der Waals surface area contributed by atoms with Gasteiger partial charge in [0.2, 0.25) is 0 Å². The molecule has 1 atom stereocenters. The predicted octanol–water partition coefficient (Wildman–Crippen LogP) is 1.77. The Morgan fingerprint density at radius 2 is 1.83 bits per heavy atom. The fourth-order valence-corrected chi connectivity index (χ4v) is 3.78. The highest BCUT2D eigenvalue weighted by Gasteiger charge is 2.28. The van der Waals surface area contributed by atoms with Crippen LogP contribution in [0.25, 0.3) is 5.69 Å². The van der Waals surface area contributed by atoms with Gasteiger partial charge in [0, 0.05) is 58.1 Å². The van der Waals surface area contributed by atoms with E-state index in [0.29, 0.717) is 0 Å². The fraction of sp³-hybridized carbons (Fsp3) is 0.500. The molecule has 24 heavy (non-hydrogen) atoms. The maximum absolute atomic E-state index is 4.51. The highest BCUT2D eigenvalue weighted by atomic mass is 35.5. The molecule has 2 fully saturated rings. The molecule has 1 aromatic carbocycles. The standard InChI is InChI=1S/C18H25N5.ClH/c1-2-4-16(5-3-1)23-18(6-8-20-23)15-21-11-7-17(14-21)22-12-9-19-10-13-22;/h1-6,8,17,19H,7,9-15H2;1H. The summed E-state index contributed by atoms with van der Waals surface area (Å²) < 4.78 is 2.07. The molecule has 1 unspecified atom stereocenters. The zero-order chi connectivity index (χ0) is 15.5. The topological polar surface area (TPSA) is 36.3 Å². The first-order valence-electron chi connectivity index (χ1n) is 8.65. The van der Waals surface area contributed by atoms with Gasteiger partial charge in [0.1, 0.15) is 0 Å². The summed E-state index contributed by atoms with van der Waals surface area (Å²) in [6.07, 6.45) is 3.20. The van der Waals surface area contributed by atoms with Gasteiger partial charge < -0.3 is 5.32 Å². The van der Waals surface area contributed by atoms with Crippen molar-refractivity contribution in [1.82, 2.24) is 24.9 Å². The Balaban J connectivity index is 0.00000169. The summed E-state index contributed by atoms with van der Waals surface area (Å²) in [6.45, 7) is 8.02.